The molecule has 0 spiro atoms. The van der Waals surface area contributed by atoms with Crippen LogP contribution in [0.15, 0.2) is 97.1 Å². The summed E-state index contributed by atoms with van der Waals surface area (Å²) in [4.78, 5) is 27.2. The van der Waals surface area contributed by atoms with Crippen LogP contribution in [-0.4, -0.2) is 57.9 Å². The molecule has 5 rings (SSSR count). The number of rotatable bonds is 11. The summed E-state index contributed by atoms with van der Waals surface area (Å²) in [6.45, 7) is 1.64. The number of aliphatic hydroxyl groups excluding tert-OH is 1. The van der Waals surface area contributed by atoms with Gasteiger partial charge in [0.05, 0.1) is 24.9 Å². The average molecular weight is 614 g/mol. The molecule has 1 unspecified atom stereocenters. The zero-order chi connectivity index (χ0) is 31.3. The minimum absolute atomic E-state index is 0.00133. The first-order valence-electron chi connectivity index (χ1n) is 13.9. The van der Waals surface area contributed by atoms with E-state index in [2.05, 4.69) is 45.9 Å². The Morgan fingerprint density at radius 2 is 1.52 bits per heavy atom. The fourth-order valence-corrected chi connectivity index (χ4v) is 4.92. The van der Waals surface area contributed by atoms with Gasteiger partial charge in [0, 0.05) is 29.2 Å². The van der Waals surface area contributed by atoms with Gasteiger partial charge in [0.25, 0.3) is 0 Å². The zero-order valence-electron chi connectivity index (χ0n) is 24.3. The first kappa shape index (κ1) is 30.7. The number of aliphatic hydroxyl groups is 2. The van der Waals surface area contributed by atoms with Crippen molar-refractivity contribution in [3.05, 3.63) is 124 Å². The number of benzene rings is 4. The number of hydrogen-bond donors (Lipinski definition) is 2. The molecular weight excluding hydrogens is 582 g/mol. The Hall–Kier alpha value is -4.70. The molecule has 1 aromatic heterocycles. The van der Waals surface area contributed by atoms with Gasteiger partial charge >= 0.3 is 11.9 Å². The van der Waals surface area contributed by atoms with Gasteiger partial charge < -0.3 is 24.6 Å². The van der Waals surface area contributed by atoms with Crippen molar-refractivity contribution in [2.75, 3.05) is 25.2 Å². The minimum Gasteiger partial charge on any atom is -0.467 e. The summed E-state index contributed by atoms with van der Waals surface area (Å²) in [5, 5.41) is 25.5. The number of ether oxygens (including phenoxy) is 2. The van der Waals surface area contributed by atoms with Gasteiger partial charge in [-0.3, -0.25) is 0 Å². The van der Waals surface area contributed by atoms with E-state index in [0.717, 1.165) is 18.4 Å². The number of nitrogens with zero attached hydrogens (tertiary/aromatic N) is 3. The first-order chi connectivity index (χ1) is 21.2. The lowest BCUT2D eigenvalue weighted by Gasteiger charge is -2.26. The van der Waals surface area contributed by atoms with Crippen molar-refractivity contribution in [1.82, 2.24) is 9.78 Å². The molecule has 0 aliphatic heterocycles. The lowest BCUT2D eigenvalue weighted by Crippen LogP contribution is -2.48. The molecule has 4 aromatic carbocycles. The highest BCUT2D eigenvalue weighted by molar-refractivity contribution is 6.30. The minimum atomic E-state index is -2.38. The molecule has 2 N–H and O–H groups in total. The Labute approximate surface area is 259 Å². The van der Waals surface area contributed by atoms with Crippen molar-refractivity contribution >= 4 is 40.1 Å². The second kappa shape index (κ2) is 13.3. The summed E-state index contributed by atoms with van der Waals surface area (Å²) in [7, 11) is 1.06. The number of para-hydroxylation sites is 1. The van der Waals surface area contributed by atoms with Crippen LogP contribution in [0.4, 0.5) is 5.69 Å². The van der Waals surface area contributed by atoms with Gasteiger partial charge in [-0.05, 0) is 60.5 Å². The van der Waals surface area contributed by atoms with E-state index in [1.165, 1.54) is 11.1 Å². The van der Waals surface area contributed by atoms with Crippen molar-refractivity contribution in [2.45, 2.75) is 25.6 Å². The van der Waals surface area contributed by atoms with Gasteiger partial charge in [-0.15, -0.1) is 0 Å². The number of halogens is 1. The van der Waals surface area contributed by atoms with Gasteiger partial charge in [0.1, 0.15) is 6.61 Å². The molecule has 1 atom stereocenters. The molecule has 44 heavy (non-hydrogen) atoms. The van der Waals surface area contributed by atoms with Gasteiger partial charge in [0.15, 0.2) is 5.69 Å². The van der Waals surface area contributed by atoms with Crippen molar-refractivity contribution in [3.8, 4) is 5.69 Å². The highest BCUT2D eigenvalue weighted by Gasteiger charge is 2.39. The van der Waals surface area contributed by atoms with E-state index in [-0.39, 0.29) is 5.69 Å². The molecule has 9 nitrogen and oxygen atoms in total. The number of carbonyl (C=O) groups is 2. The Bertz CT molecular complexity index is 1710. The third kappa shape index (κ3) is 6.75. The number of anilines is 1. The molecule has 10 heteroatoms. The average Bonchev–Trinajstić information content (AvgIpc) is 3.44. The van der Waals surface area contributed by atoms with E-state index in [9.17, 15) is 19.8 Å². The molecule has 0 aliphatic rings. The maximum absolute atomic E-state index is 13.1. The van der Waals surface area contributed by atoms with Gasteiger partial charge in [0.2, 0.25) is 5.60 Å². The van der Waals surface area contributed by atoms with Crippen LogP contribution >= 0.6 is 11.6 Å². The van der Waals surface area contributed by atoms with Crippen LogP contribution in [0.3, 0.4) is 0 Å². The van der Waals surface area contributed by atoms with E-state index >= 15 is 0 Å². The quantitative estimate of drug-likeness (QED) is 0.194. The summed E-state index contributed by atoms with van der Waals surface area (Å²) in [6, 6.07) is 31.3. The lowest BCUT2D eigenvalue weighted by molar-refractivity contribution is -0.171. The lowest BCUT2D eigenvalue weighted by atomic mass is 10.1. The number of esters is 2. The summed E-state index contributed by atoms with van der Waals surface area (Å²) in [6.07, 6.45) is 0. The molecule has 5 aromatic rings. The molecule has 0 amide bonds. The molecule has 0 bridgehead atoms. The van der Waals surface area contributed by atoms with Crippen LogP contribution in [0.1, 0.15) is 27.2 Å². The first-order valence-corrected chi connectivity index (χ1v) is 14.3. The van der Waals surface area contributed by atoms with Crippen molar-refractivity contribution in [2.24, 2.45) is 0 Å². The summed E-state index contributed by atoms with van der Waals surface area (Å²) in [5.74, 6) is -1.98. The molecule has 0 saturated carbocycles. The molecule has 1 heterocycles. The number of methoxy groups -OCH3 is 1. The van der Waals surface area contributed by atoms with Crippen LogP contribution in [-0.2, 0) is 27.4 Å². The Kier molecular flexibility index (Phi) is 9.29. The number of aryl methyl sites for hydroxylation is 1. The molecule has 0 aliphatic carbocycles. The maximum atomic E-state index is 13.1. The Morgan fingerprint density at radius 1 is 0.909 bits per heavy atom. The maximum Gasteiger partial charge on any atom is 0.359 e. The standard InChI is InChI=1S/C34H32ClN3O6/c1-23-7-9-24(10-8-23)19-37(20-25-11-13-26(35)14-12-25)27-15-17-28(18-16-27)38-30-6-4-3-5-29(30)31(36-38)32(40)44-22-34(42,21-39)33(41)43-2/h3-18,39,42H,19-22H2,1-2H3. The normalized spacial score (nSPS) is 12.5. The van der Waals surface area contributed by atoms with E-state index in [1.54, 1.807) is 16.8 Å². The van der Waals surface area contributed by atoms with Crippen LogP contribution < -0.4 is 4.90 Å². The molecule has 0 fully saturated rings. The third-order valence-corrected chi connectivity index (χ3v) is 7.54. The Morgan fingerprint density at radius 3 is 2.14 bits per heavy atom. The summed E-state index contributed by atoms with van der Waals surface area (Å²) < 4.78 is 11.3. The molecule has 226 valence electrons. The predicted molar refractivity (Wildman–Crippen MR) is 168 cm³/mol. The van der Waals surface area contributed by atoms with Gasteiger partial charge in [-0.1, -0.05) is 71.8 Å². The van der Waals surface area contributed by atoms with Crippen molar-refractivity contribution in [3.63, 3.8) is 0 Å². The Balaban J connectivity index is 1.43. The van der Waals surface area contributed by atoms with Gasteiger partial charge in [-0.25, -0.2) is 14.3 Å². The third-order valence-electron chi connectivity index (χ3n) is 7.29. The molecular formula is C34H32ClN3O6. The van der Waals surface area contributed by atoms with Crippen molar-refractivity contribution < 1.29 is 29.3 Å². The van der Waals surface area contributed by atoms with Crippen LogP contribution in [0.2, 0.25) is 5.02 Å². The van der Waals surface area contributed by atoms with Crippen LogP contribution in [0.25, 0.3) is 16.6 Å². The number of aromatic nitrogens is 2. The number of fused-ring (bicyclic) bond motifs is 1. The second-order valence-corrected chi connectivity index (χ2v) is 11.0. The fourth-order valence-electron chi connectivity index (χ4n) is 4.79. The topological polar surface area (TPSA) is 114 Å². The van der Waals surface area contributed by atoms with Crippen LogP contribution in [0, 0.1) is 6.92 Å². The smallest absolute Gasteiger partial charge is 0.359 e. The monoisotopic (exact) mass is 613 g/mol. The van der Waals surface area contributed by atoms with E-state index in [0.29, 0.717) is 34.7 Å². The van der Waals surface area contributed by atoms with Crippen molar-refractivity contribution in [1.29, 1.82) is 0 Å². The highest BCUT2D eigenvalue weighted by atomic mass is 35.5. The zero-order valence-corrected chi connectivity index (χ0v) is 25.1. The van der Waals surface area contributed by atoms with E-state index in [4.69, 9.17) is 16.3 Å². The SMILES string of the molecule is COC(=O)C(O)(CO)COC(=O)c1nn(-c2ccc(N(Cc3ccc(C)cc3)Cc3ccc(Cl)cc3)cc2)c2ccccc12. The summed E-state index contributed by atoms with van der Waals surface area (Å²) in [5.41, 5.74) is 3.48. The largest absolute Gasteiger partial charge is 0.467 e. The molecule has 0 saturated heterocycles. The van der Waals surface area contributed by atoms with Crippen LogP contribution in [0.5, 0.6) is 0 Å². The number of hydrogen-bond acceptors (Lipinski definition) is 8. The van der Waals surface area contributed by atoms with E-state index < -0.39 is 30.8 Å². The summed E-state index contributed by atoms with van der Waals surface area (Å²) >= 11 is 6.12. The highest BCUT2D eigenvalue weighted by Crippen LogP contribution is 2.27. The van der Waals surface area contributed by atoms with Gasteiger partial charge in [-0.2, -0.15) is 5.10 Å². The molecule has 0 radical (unpaired) electrons. The predicted octanol–water partition coefficient (Wildman–Crippen LogP) is 5.25. The van der Waals surface area contributed by atoms with E-state index in [1.807, 2.05) is 60.7 Å². The second-order valence-electron chi connectivity index (χ2n) is 10.5. The fraction of sp³-hybridized carbons (Fsp3) is 0.206. The number of carbonyl (C=O) groups excluding carboxylic acids is 2.